The van der Waals surface area contributed by atoms with Crippen LogP contribution in [0.2, 0.25) is 0 Å². The van der Waals surface area contributed by atoms with E-state index in [1.807, 2.05) is 39.8 Å². The molecule has 2 saturated heterocycles. The van der Waals surface area contributed by atoms with Crippen LogP contribution in [-0.2, 0) is 9.53 Å². The van der Waals surface area contributed by atoms with Crippen molar-refractivity contribution in [3.8, 4) is 0 Å². The Morgan fingerprint density at radius 3 is 2.51 bits per heavy atom. The van der Waals surface area contributed by atoms with Crippen molar-refractivity contribution in [3.05, 3.63) is 30.3 Å². The van der Waals surface area contributed by atoms with Crippen molar-refractivity contribution in [2.75, 3.05) is 43.4 Å². The van der Waals surface area contributed by atoms with Crippen LogP contribution in [0.4, 0.5) is 16.6 Å². The number of allylic oxidation sites excluding steroid dienone is 1. The summed E-state index contributed by atoms with van der Waals surface area (Å²) in [5.41, 5.74) is 2.38. The summed E-state index contributed by atoms with van der Waals surface area (Å²) < 4.78 is 5.55. The molecule has 2 N–H and O–H groups in total. The first-order valence-electron chi connectivity index (χ1n) is 14.0. The Kier molecular flexibility index (Phi) is 8.09. The minimum atomic E-state index is -0.502. The highest BCUT2D eigenvalue weighted by atomic mass is 16.6. The number of ether oxygens (including phenoxy) is 1. The standard InChI is InChI=1S/C30H44N6O3/c1-19(2)13-22(15-25(37)31-8)32-26-23-10-9-21(20(3)4)14-24(23)33-27(34-26)35-12-11-30(16-35)17-36(18-30)28(38)39-29(5,6)7/h9-10,14,19,22H,3,11-13,15-18H2,1-2,4-8H3,(H,31,37)(H,32,33,34)/t22-/m0/s1. The van der Waals surface area contributed by atoms with Crippen LogP contribution in [0.15, 0.2) is 24.8 Å². The van der Waals surface area contributed by atoms with Gasteiger partial charge in [0.15, 0.2) is 0 Å². The summed E-state index contributed by atoms with van der Waals surface area (Å²) in [5, 5.41) is 7.26. The second-order valence-electron chi connectivity index (χ2n) is 12.7. The fourth-order valence-electron chi connectivity index (χ4n) is 5.50. The lowest BCUT2D eigenvalue weighted by molar-refractivity contribution is -0.120. The summed E-state index contributed by atoms with van der Waals surface area (Å²) in [6, 6.07) is 6.08. The number of amides is 2. The molecule has 9 heteroatoms. The summed E-state index contributed by atoms with van der Waals surface area (Å²) in [7, 11) is 1.67. The molecule has 0 bridgehead atoms. The van der Waals surface area contributed by atoms with Crippen molar-refractivity contribution < 1.29 is 14.3 Å². The van der Waals surface area contributed by atoms with Crippen LogP contribution in [0.25, 0.3) is 16.5 Å². The Morgan fingerprint density at radius 2 is 1.90 bits per heavy atom. The number of carbonyl (C=O) groups is 2. The van der Waals surface area contributed by atoms with E-state index in [0.29, 0.717) is 31.4 Å². The number of nitrogens with zero attached hydrogens (tertiary/aromatic N) is 4. The largest absolute Gasteiger partial charge is 0.444 e. The Bertz CT molecular complexity index is 1250. The van der Waals surface area contributed by atoms with Crippen molar-refractivity contribution in [2.45, 2.75) is 72.4 Å². The van der Waals surface area contributed by atoms with E-state index in [1.165, 1.54) is 0 Å². The number of benzene rings is 1. The van der Waals surface area contributed by atoms with E-state index in [2.05, 4.69) is 42.0 Å². The predicted molar refractivity (Wildman–Crippen MR) is 157 cm³/mol. The van der Waals surface area contributed by atoms with Gasteiger partial charge >= 0.3 is 6.09 Å². The smallest absolute Gasteiger partial charge is 0.410 e. The van der Waals surface area contributed by atoms with Gasteiger partial charge in [-0.05, 0) is 64.2 Å². The van der Waals surface area contributed by atoms with E-state index in [4.69, 9.17) is 14.7 Å². The third-order valence-electron chi connectivity index (χ3n) is 7.41. The molecule has 0 saturated carbocycles. The van der Waals surface area contributed by atoms with Gasteiger partial charge in [0.25, 0.3) is 0 Å². The van der Waals surface area contributed by atoms with E-state index in [9.17, 15) is 9.59 Å². The van der Waals surface area contributed by atoms with Crippen molar-refractivity contribution in [2.24, 2.45) is 11.3 Å². The van der Waals surface area contributed by atoms with Crippen molar-refractivity contribution in [3.63, 3.8) is 0 Å². The van der Waals surface area contributed by atoms with Gasteiger partial charge < -0.3 is 25.2 Å². The van der Waals surface area contributed by atoms with E-state index in [0.717, 1.165) is 53.8 Å². The van der Waals surface area contributed by atoms with E-state index in [1.54, 1.807) is 11.9 Å². The van der Waals surface area contributed by atoms with E-state index < -0.39 is 5.60 Å². The Balaban J connectivity index is 1.60. The van der Waals surface area contributed by atoms with Crippen molar-refractivity contribution in [1.29, 1.82) is 0 Å². The molecule has 1 spiro atoms. The number of carbonyl (C=O) groups excluding carboxylic acids is 2. The molecule has 4 rings (SSSR count). The predicted octanol–water partition coefficient (Wildman–Crippen LogP) is 5.07. The molecule has 2 aliphatic rings. The van der Waals surface area contributed by atoms with Crippen LogP contribution in [0.1, 0.15) is 66.4 Å². The Morgan fingerprint density at radius 1 is 1.18 bits per heavy atom. The van der Waals surface area contributed by atoms with Crippen molar-refractivity contribution >= 4 is 40.2 Å². The zero-order valence-electron chi connectivity index (χ0n) is 24.6. The number of hydrogen-bond acceptors (Lipinski definition) is 7. The molecule has 39 heavy (non-hydrogen) atoms. The summed E-state index contributed by atoms with van der Waals surface area (Å²) in [4.78, 5) is 38.8. The highest BCUT2D eigenvalue weighted by molar-refractivity contribution is 5.92. The number of nitrogens with one attached hydrogen (secondary N) is 2. The first-order chi connectivity index (χ1) is 18.3. The van der Waals surface area contributed by atoms with Crippen LogP contribution < -0.4 is 15.5 Å². The van der Waals surface area contributed by atoms with Crippen LogP contribution in [0, 0.1) is 11.3 Å². The van der Waals surface area contributed by atoms with Gasteiger partial charge in [-0.3, -0.25) is 4.79 Å². The fraction of sp³-hybridized carbons (Fsp3) is 0.600. The average molecular weight is 537 g/mol. The van der Waals surface area contributed by atoms with E-state index in [-0.39, 0.29) is 23.5 Å². The van der Waals surface area contributed by atoms with Crippen LogP contribution in [0.5, 0.6) is 0 Å². The number of aromatic nitrogens is 2. The summed E-state index contributed by atoms with van der Waals surface area (Å²) in [6.07, 6.45) is 1.92. The lowest BCUT2D eigenvalue weighted by atomic mass is 9.79. The molecule has 2 fully saturated rings. The molecule has 9 nitrogen and oxygen atoms in total. The molecule has 2 amide bonds. The average Bonchev–Trinajstić information content (AvgIpc) is 3.27. The normalized spacial score (nSPS) is 17.3. The number of rotatable bonds is 8. The summed E-state index contributed by atoms with van der Waals surface area (Å²) in [6.45, 7) is 19.0. The van der Waals surface area contributed by atoms with Gasteiger partial charge in [-0.15, -0.1) is 0 Å². The number of hydrogen-bond donors (Lipinski definition) is 2. The highest BCUT2D eigenvalue weighted by Gasteiger charge is 2.50. The van der Waals surface area contributed by atoms with Crippen LogP contribution in [0.3, 0.4) is 0 Å². The zero-order valence-corrected chi connectivity index (χ0v) is 24.6. The molecule has 0 unspecified atom stereocenters. The highest BCUT2D eigenvalue weighted by Crippen LogP contribution is 2.41. The second kappa shape index (κ2) is 11.0. The quantitative estimate of drug-likeness (QED) is 0.486. The second-order valence-corrected chi connectivity index (χ2v) is 12.7. The molecular weight excluding hydrogens is 492 g/mol. The molecule has 2 aliphatic heterocycles. The third-order valence-corrected chi connectivity index (χ3v) is 7.41. The van der Waals surface area contributed by atoms with Gasteiger partial charge in [0, 0.05) is 56.5 Å². The third kappa shape index (κ3) is 6.81. The molecule has 1 atom stereocenters. The molecule has 3 heterocycles. The van der Waals surface area contributed by atoms with Gasteiger partial charge in [0.2, 0.25) is 11.9 Å². The summed E-state index contributed by atoms with van der Waals surface area (Å²) in [5.74, 6) is 1.82. The monoisotopic (exact) mass is 536 g/mol. The van der Waals surface area contributed by atoms with Crippen LogP contribution >= 0.6 is 0 Å². The number of anilines is 2. The maximum Gasteiger partial charge on any atom is 0.410 e. The molecule has 0 radical (unpaired) electrons. The van der Waals surface area contributed by atoms with Gasteiger partial charge in [-0.25, -0.2) is 9.78 Å². The maximum absolute atomic E-state index is 12.5. The first-order valence-corrected chi connectivity index (χ1v) is 14.0. The fourth-order valence-corrected chi connectivity index (χ4v) is 5.50. The minimum Gasteiger partial charge on any atom is -0.444 e. The van der Waals surface area contributed by atoms with Gasteiger partial charge in [0.1, 0.15) is 11.4 Å². The van der Waals surface area contributed by atoms with Crippen LogP contribution in [-0.4, -0.2) is 71.7 Å². The number of likely N-dealkylation sites (tertiary alicyclic amines) is 1. The minimum absolute atomic E-state index is 0.00249. The molecule has 0 aliphatic carbocycles. The van der Waals surface area contributed by atoms with Gasteiger partial charge in [-0.2, -0.15) is 4.98 Å². The molecule has 212 valence electrons. The first kappa shape index (κ1) is 28.6. The van der Waals surface area contributed by atoms with Gasteiger partial charge in [0.05, 0.1) is 5.52 Å². The topological polar surface area (TPSA) is 99.7 Å². The molecule has 2 aromatic rings. The molecule has 1 aromatic heterocycles. The Labute approximate surface area is 232 Å². The lowest BCUT2D eigenvalue weighted by Crippen LogP contribution is -2.60. The number of fused-ring (bicyclic) bond motifs is 1. The molecular formula is C30H44N6O3. The SMILES string of the molecule is C=C(C)c1ccc2c(N[C@H](CC(=O)NC)CC(C)C)nc(N3CCC4(CN(C(=O)OC(C)(C)C)C4)C3)nc2c1. The maximum atomic E-state index is 12.5. The van der Waals surface area contributed by atoms with Gasteiger partial charge in [-0.1, -0.05) is 32.1 Å². The lowest BCUT2D eigenvalue weighted by Gasteiger charge is -2.47. The summed E-state index contributed by atoms with van der Waals surface area (Å²) >= 11 is 0. The Hall–Kier alpha value is -3.36. The van der Waals surface area contributed by atoms with Crippen molar-refractivity contribution in [1.82, 2.24) is 20.2 Å². The van der Waals surface area contributed by atoms with E-state index >= 15 is 0 Å². The molecule has 1 aromatic carbocycles. The zero-order chi connectivity index (χ0) is 28.5.